The van der Waals surface area contributed by atoms with Gasteiger partial charge in [0.25, 0.3) is 0 Å². The van der Waals surface area contributed by atoms with Gasteiger partial charge in [-0.05, 0) is 24.1 Å². The van der Waals surface area contributed by atoms with Gasteiger partial charge in [-0.3, -0.25) is 0 Å². The third kappa shape index (κ3) is 3.75. The summed E-state index contributed by atoms with van der Waals surface area (Å²) in [5.41, 5.74) is 0.962. The number of nitrogens with one attached hydrogen (secondary N) is 1. The van der Waals surface area contributed by atoms with Crippen LogP contribution < -0.4 is 5.32 Å². The third-order valence-electron chi connectivity index (χ3n) is 2.32. The number of methoxy groups -OCH3 is 1. The average molecular weight is 267 g/mol. The molecule has 1 aromatic heterocycles. The van der Waals surface area contributed by atoms with Crippen LogP contribution in [0.4, 0.5) is 9.52 Å². The van der Waals surface area contributed by atoms with Crippen LogP contribution >= 0.6 is 11.5 Å². The molecule has 6 heteroatoms. The molecule has 1 heterocycles. The summed E-state index contributed by atoms with van der Waals surface area (Å²) in [4.78, 5) is 4.25. The van der Waals surface area contributed by atoms with E-state index in [0.717, 1.165) is 17.1 Å². The molecule has 0 atom stereocenters. The summed E-state index contributed by atoms with van der Waals surface area (Å²) in [5, 5.41) is 3.92. The minimum Gasteiger partial charge on any atom is -0.377 e. The van der Waals surface area contributed by atoms with E-state index in [4.69, 9.17) is 4.74 Å². The Morgan fingerprint density at radius 3 is 3.11 bits per heavy atom. The maximum Gasteiger partial charge on any atom is 0.202 e. The van der Waals surface area contributed by atoms with Gasteiger partial charge < -0.3 is 10.1 Å². The second-order valence-corrected chi connectivity index (χ2v) is 4.51. The Balaban J connectivity index is 1.81. The maximum absolute atomic E-state index is 13.0. The van der Waals surface area contributed by atoms with E-state index in [1.54, 1.807) is 13.2 Å². The molecular weight excluding hydrogens is 253 g/mol. The number of benzene rings is 1. The maximum atomic E-state index is 13.0. The molecule has 0 aliphatic heterocycles. The average Bonchev–Trinajstić information content (AvgIpc) is 2.78. The highest BCUT2D eigenvalue weighted by molar-refractivity contribution is 7.09. The standard InChI is InChI=1S/C12H14FN3OS/c1-17-8-11-15-12(18-16-11)14-6-5-9-3-2-4-10(13)7-9/h2-4,7H,5-6,8H2,1H3,(H,14,15,16). The molecule has 4 nitrogen and oxygen atoms in total. The van der Waals surface area contributed by atoms with Gasteiger partial charge in [-0.25, -0.2) is 9.37 Å². The fourth-order valence-electron chi connectivity index (χ4n) is 1.52. The van der Waals surface area contributed by atoms with Crippen molar-refractivity contribution in [2.45, 2.75) is 13.0 Å². The van der Waals surface area contributed by atoms with Gasteiger partial charge in [0.2, 0.25) is 5.13 Å². The smallest absolute Gasteiger partial charge is 0.202 e. The van der Waals surface area contributed by atoms with E-state index in [2.05, 4.69) is 14.7 Å². The number of nitrogens with zero attached hydrogens (tertiary/aromatic N) is 2. The predicted molar refractivity (Wildman–Crippen MR) is 69.2 cm³/mol. The summed E-state index contributed by atoms with van der Waals surface area (Å²) in [7, 11) is 1.61. The number of rotatable bonds is 6. The Hall–Kier alpha value is -1.53. The fourth-order valence-corrected chi connectivity index (χ4v) is 2.12. The van der Waals surface area contributed by atoms with Crippen molar-refractivity contribution in [1.29, 1.82) is 0 Å². The number of halogens is 1. The van der Waals surface area contributed by atoms with Crippen LogP contribution in [0.3, 0.4) is 0 Å². The van der Waals surface area contributed by atoms with Crippen molar-refractivity contribution in [2.24, 2.45) is 0 Å². The molecule has 1 aromatic carbocycles. The van der Waals surface area contributed by atoms with Crippen molar-refractivity contribution >= 4 is 16.7 Å². The monoisotopic (exact) mass is 267 g/mol. The Morgan fingerprint density at radius 2 is 2.33 bits per heavy atom. The number of hydrogen-bond acceptors (Lipinski definition) is 5. The summed E-state index contributed by atoms with van der Waals surface area (Å²) < 4.78 is 22.0. The summed E-state index contributed by atoms with van der Waals surface area (Å²) in [6.07, 6.45) is 0.747. The van der Waals surface area contributed by atoms with Crippen molar-refractivity contribution in [2.75, 3.05) is 19.0 Å². The second kappa shape index (κ2) is 6.42. The van der Waals surface area contributed by atoms with Gasteiger partial charge in [0, 0.05) is 25.2 Å². The van der Waals surface area contributed by atoms with Crippen molar-refractivity contribution in [3.8, 4) is 0 Å². The Morgan fingerprint density at radius 1 is 1.44 bits per heavy atom. The molecule has 2 aromatic rings. The second-order valence-electron chi connectivity index (χ2n) is 3.76. The molecule has 0 aliphatic rings. The van der Waals surface area contributed by atoms with E-state index < -0.39 is 0 Å². The van der Waals surface area contributed by atoms with Crippen LogP contribution in [0.15, 0.2) is 24.3 Å². The molecule has 0 saturated carbocycles. The number of hydrogen-bond donors (Lipinski definition) is 1. The summed E-state index contributed by atoms with van der Waals surface area (Å²) in [5.74, 6) is 0.474. The van der Waals surface area contributed by atoms with E-state index in [1.165, 1.54) is 23.7 Å². The van der Waals surface area contributed by atoms with Crippen LogP contribution in [0.5, 0.6) is 0 Å². The Kier molecular flexibility index (Phi) is 4.60. The Bertz CT molecular complexity index is 504. The molecule has 0 radical (unpaired) electrons. The van der Waals surface area contributed by atoms with Crippen LogP contribution in [0.1, 0.15) is 11.4 Å². The first-order valence-electron chi connectivity index (χ1n) is 5.58. The minimum atomic E-state index is -0.203. The molecule has 0 unspecified atom stereocenters. The lowest BCUT2D eigenvalue weighted by Crippen LogP contribution is -2.04. The zero-order valence-electron chi connectivity index (χ0n) is 10.0. The van der Waals surface area contributed by atoms with Gasteiger partial charge in [-0.15, -0.1) is 0 Å². The lowest BCUT2D eigenvalue weighted by molar-refractivity contribution is 0.179. The first kappa shape index (κ1) is 12.9. The van der Waals surface area contributed by atoms with Crippen molar-refractivity contribution in [1.82, 2.24) is 9.36 Å². The van der Waals surface area contributed by atoms with Crippen LogP contribution in [-0.2, 0) is 17.8 Å². The van der Waals surface area contributed by atoms with Gasteiger partial charge in [0.15, 0.2) is 5.82 Å². The molecule has 0 spiro atoms. The third-order valence-corrected chi connectivity index (χ3v) is 3.03. The predicted octanol–water partition coefficient (Wildman–Crippen LogP) is 2.48. The molecule has 0 amide bonds. The highest BCUT2D eigenvalue weighted by atomic mass is 32.1. The zero-order chi connectivity index (χ0) is 12.8. The number of ether oxygens (including phenoxy) is 1. The van der Waals surface area contributed by atoms with Crippen LogP contribution in [0.2, 0.25) is 0 Å². The lowest BCUT2D eigenvalue weighted by atomic mass is 10.1. The van der Waals surface area contributed by atoms with Gasteiger partial charge in [-0.1, -0.05) is 12.1 Å². The normalized spacial score (nSPS) is 10.6. The van der Waals surface area contributed by atoms with Crippen LogP contribution in [-0.4, -0.2) is 23.0 Å². The summed E-state index contributed by atoms with van der Waals surface area (Å²) in [6.45, 7) is 1.12. The van der Waals surface area contributed by atoms with Gasteiger partial charge in [0.1, 0.15) is 12.4 Å². The number of anilines is 1. The largest absolute Gasteiger partial charge is 0.377 e. The van der Waals surface area contributed by atoms with Gasteiger partial charge >= 0.3 is 0 Å². The topological polar surface area (TPSA) is 47.0 Å². The van der Waals surface area contributed by atoms with Gasteiger partial charge in [0.05, 0.1) is 0 Å². The number of aromatic nitrogens is 2. The summed E-state index contributed by atoms with van der Waals surface area (Å²) in [6, 6.07) is 6.60. The molecule has 18 heavy (non-hydrogen) atoms. The molecule has 1 N–H and O–H groups in total. The SMILES string of the molecule is COCc1nsc(NCCc2cccc(F)c2)n1. The minimum absolute atomic E-state index is 0.203. The van der Waals surface area contributed by atoms with Crippen molar-refractivity contribution in [3.05, 3.63) is 41.5 Å². The highest BCUT2D eigenvalue weighted by Gasteiger charge is 2.02. The lowest BCUT2D eigenvalue weighted by Gasteiger charge is -2.02. The molecule has 2 rings (SSSR count). The fraction of sp³-hybridized carbons (Fsp3) is 0.333. The van der Waals surface area contributed by atoms with Crippen molar-refractivity contribution in [3.63, 3.8) is 0 Å². The van der Waals surface area contributed by atoms with E-state index in [9.17, 15) is 4.39 Å². The summed E-state index contributed by atoms with van der Waals surface area (Å²) >= 11 is 1.30. The van der Waals surface area contributed by atoms with Crippen LogP contribution in [0, 0.1) is 5.82 Å². The molecule has 0 fully saturated rings. The van der Waals surface area contributed by atoms with E-state index >= 15 is 0 Å². The van der Waals surface area contributed by atoms with Crippen LogP contribution in [0.25, 0.3) is 0 Å². The molecule has 96 valence electrons. The van der Waals surface area contributed by atoms with Crippen molar-refractivity contribution < 1.29 is 9.13 Å². The van der Waals surface area contributed by atoms with E-state index in [1.807, 2.05) is 6.07 Å². The first-order valence-corrected chi connectivity index (χ1v) is 6.35. The zero-order valence-corrected chi connectivity index (χ0v) is 10.8. The first-order chi connectivity index (χ1) is 8.78. The van der Waals surface area contributed by atoms with E-state index in [0.29, 0.717) is 19.0 Å². The molecular formula is C12H14FN3OS. The quantitative estimate of drug-likeness (QED) is 0.873. The molecule has 0 aliphatic carbocycles. The highest BCUT2D eigenvalue weighted by Crippen LogP contribution is 2.12. The van der Waals surface area contributed by atoms with Gasteiger partial charge in [-0.2, -0.15) is 4.37 Å². The molecule has 0 bridgehead atoms. The Labute approximate surface area is 109 Å². The molecule has 0 saturated heterocycles. The van der Waals surface area contributed by atoms with E-state index in [-0.39, 0.29) is 5.82 Å².